The first-order valence-corrected chi connectivity index (χ1v) is 6.63. The first kappa shape index (κ1) is 14.9. The number of ether oxygens (including phenoxy) is 2. The molecule has 0 saturated heterocycles. The molecule has 5 nitrogen and oxygen atoms in total. The molecule has 3 rings (SSSR count). The number of hydrogen-bond donors (Lipinski definition) is 2. The van der Waals surface area contributed by atoms with E-state index in [1.54, 1.807) is 0 Å². The predicted octanol–water partition coefficient (Wildman–Crippen LogP) is 1.38. The standard InChI is InChI=1S/C14H18N2O3.ClH/c15-14(4-1-5-14)13(17)16-9-10-2-3-11-12(8-10)19-7-6-18-11;/h2-3,8H,1,4-7,9,15H2,(H,16,17);1H. The minimum atomic E-state index is -0.645. The second-order valence-electron chi connectivity index (χ2n) is 5.17. The maximum atomic E-state index is 11.9. The largest absolute Gasteiger partial charge is 0.486 e. The molecule has 0 unspecified atom stereocenters. The van der Waals surface area contributed by atoms with Crippen LogP contribution in [0.3, 0.4) is 0 Å². The summed E-state index contributed by atoms with van der Waals surface area (Å²) in [6.07, 6.45) is 2.59. The second kappa shape index (κ2) is 5.89. The Morgan fingerprint density at radius 3 is 2.60 bits per heavy atom. The molecule has 3 N–H and O–H groups in total. The molecule has 0 spiro atoms. The molecule has 0 atom stereocenters. The van der Waals surface area contributed by atoms with Crippen LogP contribution in [0.4, 0.5) is 0 Å². The number of rotatable bonds is 3. The van der Waals surface area contributed by atoms with Crippen molar-refractivity contribution >= 4 is 18.3 Å². The van der Waals surface area contributed by atoms with Crippen molar-refractivity contribution in [1.29, 1.82) is 0 Å². The predicted molar refractivity (Wildman–Crippen MR) is 77.3 cm³/mol. The fourth-order valence-electron chi connectivity index (χ4n) is 2.34. The van der Waals surface area contributed by atoms with Crippen LogP contribution in [-0.2, 0) is 11.3 Å². The van der Waals surface area contributed by atoms with Gasteiger partial charge in [0.05, 0.1) is 5.54 Å². The third kappa shape index (κ3) is 2.83. The number of hydrogen-bond acceptors (Lipinski definition) is 4. The fourth-order valence-corrected chi connectivity index (χ4v) is 2.34. The number of nitrogens with one attached hydrogen (secondary N) is 1. The van der Waals surface area contributed by atoms with Crippen molar-refractivity contribution < 1.29 is 14.3 Å². The topological polar surface area (TPSA) is 73.6 Å². The highest BCUT2D eigenvalue weighted by Gasteiger charge is 2.39. The smallest absolute Gasteiger partial charge is 0.240 e. The molecule has 1 aromatic carbocycles. The summed E-state index contributed by atoms with van der Waals surface area (Å²) in [4.78, 5) is 11.9. The molecule has 1 amide bonds. The van der Waals surface area contributed by atoms with E-state index in [0.29, 0.717) is 19.8 Å². The molecule has 2 aliphatic rings. The molecule has 0 bridgehead atoms. The molecule has 1 heterocycles. The first-order valence-electron chi connectivity index (χ1n) is 6.63. The van der Waals surface area contributed by atoms with E-state index in [2.05, 4.69) is 5.32 Å². The second-order valence-corrected chi connectivity index (χ2v) is 5.17. The van der Waals surface area contributed by atoms with Gasteiger partial charge in [0.1, 0.15) is 13.2 Å². The molecule has 1 saturated carbocycles. The van der Waals surface area contributed by atoms with E-state index in [-0.39, 0.29) is 18.3 Å². The summed E-state index contributed by atoms with van der Waals surface area (Å²) in [6, 6.07) is 5.70. The number of amides is 1. The Labute approximate surface area is 124 Å². The number of nitrogens with two attached hydrogens (primary N) is 1. The van der Waals surface area contributed by atoms with Gasteiger partial charge < -0.3 is 20.5 Å². The first-order chi connectivity index (χ1) is 9.17. The van der Waals surface area contributed by atoms with Crippen LogP contribution in [0, 0.1) is 0 Å². The van der Waals surface area contributed by atoms with Crippen molar-refractivity contribution in [2.24, 2.45) is 5.73 Å². The molecule has 1 fully saturated rings. The van der Waals surface area contributed by atoms with E-state index in [4.69, 9.17) is 15.2 Å². The van der Waals surface area contributed by atoms with E-state index in [9.17, 15) is 4.79 Å². The van der Waals surface area contributed by atoms with Gasteiger partial charge in [0.25, 0.3) is 0 Å². The van der Waals surface area contributed by atoms with Gasteiger partial charge in [0.2, 0.25) is 5.91 Å². The van der Waals surface area contributed by atoms with Gasteiger partial charge in [0, 0.05) is 6.54 Å². The maximum absolute atomic E-state index is 11.9. The van der Waals surface area contributed by atoms with Gasteiger partial charge in [-0.2, -0.15) is 0 Å². The highest BCUT2D eigenvalue weighted by atomic mass is 35.5. The minimum Gasteiger partial charge on any atom is -0.486 e. The van der Waals surface area contributed by atoms with Crippen molar-refractivity contribution in [3.8, 4) is 11.5 Å². The van der Waals surface area contributed by atoms with Crippen LogP contribution in [0.25, 0.3) is 0 Å². The van der Waals surface area contributed by atoms with Gasteiger partial charge in [0.15, 0.2) is 11.5 Å². The lowest BCUT2D eigenvalue weighted by molar-refractivity contribution is -0.129. The Morgan fingerprint density at radius 2 is 1.95 bits per heavy atom. The molecule has 0 radical (unpaired) electrons. The zero-order chi connectivity index (χ0) is 13.3. The molecule has 6 heteroatoms. The quantitative estimate of drug-likeness (QED) is 0.884. The number of benzene rings is 1. The Balaban J connectivity index is 0.00000147. The van der Waals surface area contributed by atoms with Crippen LogP contribution in [0.5, 0.6) is 11.5 Å². The van der Waals surface area contributed by atoms with Gasteiger partial charge in [-0.05, 0) is 37.0 Å². The summed E-state index contributed by atoms with van der Waals surface area (Å²) < 4.78 is 11.0. The number of fused-ring (bicyclic) bond motifs is 1. The van der Waals surface area contributed by atoms with Gasteiger partial charge in [-0.25, -0.2) is 0 Å². The van der Waals surface area contributed by atoms with Crippen LogP contribution in [0.15, 0.2) is 18.2 Å². The zero-order valence-corrected chi connectivity index (χ0v) is 12.0. The lowest BCUT2D eigenvalue weighted by Gasteiger charge is -2.36. The Kier molecular flexibility index (Phi) is 4.40. The highest BCUT2D eigenvalue weighted by Crippen LogP contribution is 2.31. The molecular weight excluding hydrogens is 280 g/mol. The van der Waals surface area contributed by atoms with E-state index in [1.165, 1.54) is 0 Å². The van der Waals surface area contributed by atoms with E-state index >= 15 is 0 Å². The van der Waals surface area contributed by atoms with Crippen LogP contribution < -0.4 is 20.5 Å². The van der Waals surface area contributed by atoms with E-state index < -0.39 is 5.54 Å². The molecule has 1 aliphatic heterocycles. The van der Waals surface area contributed by atoms with E-state index in [0.717, 1.165) is 36.3 Å². The van der Waals surface area contributed by atoms with Crippen molar-refractivity contribution in [2.45, 2.75) is 31.3 Å². The highest BCUT2D eigenvalue weighted by molar-refractivity contribution is 5.87. The number of halogens is 1. The van der Waals surface area contributed by atoms with E-state index in [1.807, 2.05) is 18.2 Å². The van der Waals surface area contributed by atoms with Gasteiger partial charge in [-0.15, -0.1) is 12.4 Å². The SMILES string of the molecule is Cl.NC1(C(=O)NCc2ccc3c(c2)OCCO3)CCC1. The number of carbonyl (C=O) groups excluding carboxylic acids is 1. The van der Waals surface area contributed by atoms with Crippen LogP contribution in [0.2, 0.25) is 0 Å². The van der Waals surface area contributed by atoms with Crippen molar-refractivity contribution in [1.82, 2.24) is 5.32 Å². The molecule has 1 aromatic rings. The third-order valence-electron chi connectivity index (χ3n) is 3.76. The summed E-state index contributed by atoms with van der Waals surface area (Å²) in [5.41, 5.74) is 6.31. The number of carbonyl (C=O) groups is 1. The molecule has 110 valence electrons. The van der Waals surface area contributed by atoms with Crippen molar-refractivity contribution in [2.75, 3.05) is 13.2 Å². The summed E-state index contributed by atoms with van der Waals surface area (Å²) in [5, 5.41) is 2.89. The minimum absolute atomic E-state index is 0. The average Bonchev–Trinajstić information content (AvgIpc) is 2.42. The normalized spacial score (nSPS) is 18.4. The van der Waals surface area contributed by atoms with Crippen molar-refractivity contribution in [3.05, 3.63) is 23.8 Å². The maximum Gasteiger partial charge on any atom is 0.240 e. The summed E-state index contributed by atoms with van der Waals surface area (Å²) >= 11 is 0. The Hall–Kier alpha value is -1.46. The molecular formula is C14H19ClN2O3. The lowest BCUT2D eigenvalue weighted by Crippen LogP contribution is -2.58. The Morgan fingerprint density at radius 1 is 1.25 bits per heavy atom. The summed E-state index contributed by atoms with van der Waals surface area (Å²) in [5.74, 6) is 1.44. The molecule has 20 heavy (non-hydrogen) atoms. The monoisotopic (exact) mass is 298 g/mol. The average molecular weight is 299 g/mol. The van der Waals surface area contributed by atoms with Crippen LogP contribution in [0.1, 0.15) is 24.8 Å². The van der Waals surface area contributed by atoms with Crippen LogP contribution in [-0.4, -0.2) is 24.7 Å². The van der Waals surface area contributed by atoms with Crippen LogP contribution >= 0.6 is 12.4 Å². The van der Waals surface area contributed by atoms with Gasteiger partial charge in [-0.1, -0.05) is 6.07 Å². The summed E-state index contributed by atoms with van der Waals surface area (Å²) in [6.45, 7) is 1.61. The lowest BCUT2D eigenvalue weighted by atomic mass is 9.77. The fraction of sp³-hybridized carbons (Fsp3) is 0.500. The third-order valence-corrected chi connectivity index (χ3v) is 3.76. The molecule has 1 aliphatic carbocycles. The van der Waals surface area contributed by atoms with Gasteiger partial charge >= 0.3 is 0 Å². The van der Waals surface area contributed by atoms with Crippen molar-refractivity contribution in [3.63, 3.8) is 0 Å². The summed E-state index contributed by atoms with van der Waals surface area (Å²) in [7, 11) is 0. The Bertz CT molecular complexity index is 503. The van der Waals surface area contributed by atoms with Gasteiger partial charge in [-0.3, -0.25) is 4.79 Å². The zero-order valence-electron chi connectivity index (χ0n) is 11.2. The molecule has 0 aromatic heterocycles.